The summed E-state index contributed by atoms with van der Waals surface area (Å²) < 4.78 is 23.9. The molecule has 1 N–H and O–H groups in total. The Hall–Kier alpha value is -2.86. The predicted molar refractivity (Wildman–Crippen MR) is 95.8 cm³/mol. The summed E-state index contributed by atoms with van der Waals surface area (Å²) in [6, 6.07) is 12.7. The lowest BCUT2D eigenvalue weighted by molar-refractivity contribution is 0.0930. The van der Waals surface area contributed by atoms with Gasteiger partial charge in [-0.25, -0.2) is 4.39 Å². The highest BCUT2D eigenvalue weighted by Gasteiger charge is 2.17. The van der Waals surface area contributed by atoms with Crippen molar-refractivity contribution in [2.75, 3.05) is 7.11 Å². The summed E-state index contributed by atoms with van der Waals surface area (Å²) in [6.45, 7) is 1.75. The Bertz CT molecular complexity index is 942. The second-order valence-corrected chi connectivity index (χ2v) is 6.11. The van der Waals surface area contributed by atoms with Gasteiger partial charge in [-0.15, -0.1) is 0 Å². The van der Waals surface area contributed by atoms with Crippen LogP contribution >= 0.6 is 11.6 Å². The maximum atomic E-state index is 13.8. The van der Waals surface area contributed by atoms with Crippen LogP contribution in [-0.2, 0) is 0 Å². The van der Waals surface area contributed by atoms with Crippen molar-refractivity contribution in [3.05, 3.63) is 70.6 Å². The number of methoxy groups -OCH3 is 1. The smallest absolute Gasteiger partial charge is 0.273 e. The van der Waals surface area contributed by atoms with Crippen molar-refractivity contribution in [3.8, 4) is 17.1 Å². The Kier molecular flexibility index (Phi) is 5.23. The maximum absolute atomic E-state index is 13.8. The fourth-order valence-corrected chi connectivity index (χ4v) is 2.66. The number of benzene rings is 2. The third-order valence-corrected chi connectivity index (χ3v) is 4.11. The van der Waals surface area contributed by atoms with E-state index >= 15 is 0 Å². The minimum atomic E-state index is -0.490. The first-order valence-electron chi connectivity index (χ1n) is 7.85. The van der Waals surface area contributed by atoms with Gasteiger partial charge in [-0.1, -0.05) is 35.0 Å². The van der Waals surface area contributed by atoms with Crippen molar-refractivity contribution in [3.63, 3.8) is 0 Å². The first-order chi connectivity index (χ1) is 12.5. The van der Waals surface area contributed by atoms with E-state index in [1.807, 2.05) is 0 Å². The summed E-state index contributed by atoms with van der Waals surface area (Å²) in [4.78, 5) is 12.4. The van der Waals surface area contributed by atoms with E-state index in [4.69, 9.17) is 20.9 Å². The van der Waals surface area contributed by atoms with Crippen molar-refractivity contribution in [2.45, 2.75) is 13.0 Å². The van der Waals surface area contributed by atoms with Crippen LogP contribution in [0.25, 0.3) is 11.3 Å². The molecule has 0 radical (unpaired) electrons. The van der Waals surface area contributed by atoms with Crippen molar-refractivity contribution in [1.29, 1.82) is 0 Å². The summed E-state index contributed by atoms with van der Waals surface area (Å²) in [6.07, 6.45) is 0. The number of amides is 1. The average Bonchev–Trinajstić information content (AvgIpc) is 3.12. The molecule has 134 valence electrons. The van der Waals surface area contributed by atoms with E-state index in [1.165, 1.54) is 25.3 Å². The molecule has 1 aromatic heterocycles. The van der Waals surface area contributed by atoms with Gasteiger partial charge in [0.2, 0.25) is 0 Å². The largest absolute Gasteiger partial charge is 0.494 e. The lowest BCUT2D eigenvalue weighted by atomic mass is 10.1. The second kappa shape index (κ2) is 7.58. The molecule has 1 amide bonds. The minimum absolute atomic E-state index is 0.126. The van der Waals surface area contributed by atoms with Crippen LogP contribution in [0.1, 0.15) is 29.0 Å². The molecule has 0 aliphatic rings. The first-order valence-corrected chi connectivity index (χ1v) is 8.22. The third-order valence-electron chi connectivity index (χ3n) is 3.88. The molecular formula is C19H16ClFN2O3. The zero-order chi connectivity index (χ0) is 18.7. The van der Waals surface area contributed by atoms with Gasteiger partial charge in [-0.3, -0.25) is 4.79 Å². The number of nitrogens with one attached hydrogen (secondary N) is 1. The highest BCUT2D eigenvalue weighted by Crippen LogP contribution is 2.24. The van der Waals surface area contributed by atoms with E-state index in [9.17, 15) is 9.18 Å². The molecular weight excluding hydrogens is 359 g/mol. The SMILES string of the molecule is COc1ccc(C(C)NC(=O)c2cc(-c3cccc(Cl)c3)on2)cc1F. The predicted octanol–water partition coefficient (Wildman–Crippen LogP) is 4.63. The molecule has 0 aliphatic heterocycles. The topological polar surface area (TPSA) is 64.4 Å². The average molecular weight is 375 g/mol. The molecule has 1 heterocycles. The van der Waals surface area contributed by atoms with Crippen LogP contribution in [0.4, 0.5) is 4.39 Å². The monoisotopic (exact) mass is 374 g/mol. The Morgan fingerprint density at radius 3 is 2.77 bits per heavy atom. The molecule has 7 heteroatoms. The van der Waals surface area contributed by atoms with Crippen LogP contribution in [0.3, 0.4) is 0 Å². The van der Waals surface area contributed by atoms with E-state index in [0.717, 1.165) is 0 Å². The van der Waals surface area contributed by atoms with Gasteiger partial charge in [-0.2, -0.15) is 0 Å². The van der Waals surface area contributed by atoms with Gasteiger partial charge in [0.15, 0.2) is 23.0 Å². The number of carbonyl (C=O) groups excluding carboxylic acids is 1. The van der Waals surface area contributed by atoms with Crippen LogP contribution in [0.5, 0.6) is 5.75 Å². The number of rotatable bonds is 5. The quantitative estimate of drug-likeness (QED) is 0.707. The highest BCUT2D eigenvalue weighted by molar-refractivity contribution is 6.30. The van der Waals surface area contributed by atoms with Gasteiger partial charge in [0.05, 0.1) is 13.2 Å². The standard InChI is InChI=1S/C19H16ClFN2O3/c1-11(12-6-7-17(25-2)15(21)9-12)22-19(24)16-10-18(26-23-16)13-4-3-5-14(20)8-13/h3-11H,1-2H3,(H,22,24). The molecule has 26 heavy (non-hydrogen) atoms. The fraction of sp³-hybridized carbons (Fsp3) is 0.158. The minimum Gasteiger partial charge on any atom is -0.494 e. The molecule has 0 fully saturated rings. The van der Waals surface area contributed by atoms with Crippen molar-refractivity contribution in [2.24, 2.45) is 0 Å². The summed E-state index contributed by atoms with van der Waals surface area (Å²) in [5, 5.41) is 7.10. The van der Waals surface area contributed by atoms with E-state index in [-0.39, 0.29) is 11.4 Å². The number of hydrogen-bond acceptors (Lipinski definition) is 4. The Morgan fingerprint density at radius 1 is 1.27 bits per heavy atom. The molecule has 0 bridgehead atoms. The Labute approximate surface area is 154 Å². The van der Waals surface area contributed by atoms with Gasteiger partial charge in [0, 0.05) is 16.7 Å². The fourth-order valence-electron chi connectivity index (χ4n) is 2.47. The molecule has 0 spiro atoms. The lowest BCUT2D eigenvalue weighted by Gasteiger charge is -2.14. The van der Waals surface area contributed by atoms with E-state index < -0.39 is 17.8 Å². The lowest BCUT2D eigenvalue weighted by Crippen LogP contribution is -2.26. The molecule has 1 atom stereocenters. The molecule has 0 saturated heterocycles. The Balaban J connectivity index is 1.73. The first kappa shape index (κ1) is 17.9. The number of hydrogen-bond donors (Lipinski definition) is 1. The maximum Gasteiger partial charge on any atom is 0.273 e. The van der Waals surface area contributed by atoms with E-state index in [0.29, 0.717) is 21.9 Å². The van der Waals surface area contributed by atoms with E-state index in [1.54, 1.807) is 37.3 Å². The van der Waals surface area contributed by atoms with Crippen LogP contribution in [-0.4, -0.2) is 18.2 Å². The summed E-state index contributed by atoms with van der Waals surface area (Å²) in [7, 11) is 1.39. The van der Waals surface area contributed by atoms with Crippen molar-refractivity contribution < 1.29 is 18.4 Å². The van der Waals surface area contributed by atoms with Crippen molar-refractivity contribution >= 4 is 17.5 Å². The molecule has 2 aromatic carbocycles. The number of halogens is 2. The molecule has 3 aromatic rings. The van der Waals surface area contributed by atoms with Crippen LogP contribution < -0.4 is 10.1 Å². The van der Waals surface area contributed by atoms with Gasteiger partial charge in [0.1, 0.15) is 0 Å². The molecule has 0 aliphatic carbocycles. The summed E-state index contributed by atoms with van der Waals surface area (Å²) in [5.41, 5.74) is 1.45. The zero-order valence-corrected chi connectivity index (χ0v) is 14.9. The number of ether oxygens (including phenoxy) is 1. The Morgan fingerprint density at radius 2 is 2.08 bits per heavy atom. The van der Waals surface area contributed by atoms with E-state index in [2.05, 4.69) is 10.5 Å². The normalized spacial score (nSPS) is 11.8. The molecule has 3 rings (SSSR count). The number of carbonyl (C=O) groups is 1. The molecule has 0 saturated carbocycles. The summed E-state index contributed by atoms with van der Waals surface area (Å²) >= 11 is 5.95. The van der Waals surface area contributed by atoms with Crippen LogP contribution in [0.2, 0.25) is 5.02 Å². The van der Waals surface area contributed by atoms with Gasteiger partial charge in [0.25, 0.3) is 5.91 Å². The van der Waals surface area contributed by atoms with Crippen LogP contribution in [0, 0.1) is 5.82 Å². The van der Waals surface area contributed by atoms with Crippen molar-refractivity contribution in [1.82, 2.24) is 10.5 Å². The number of nitrogens with zero attached hydrogens (tertiary/aromatic N) is 1. The summed E-state index contributed by atoms with van der Waals surface area (Å²) in [5.74, 6) is -0.336. The molecule has 1 unspecified atom stereocenters. The second-order valence-electron chi connectivity index (χ2n) is 5.68. The van der Waals surface area contributed by atoms with Gasteiger partial charge in [-0.05, 0) is 36.8 Å². The third kappa shape index (κ3) is 3.86. The van der Waals surface area contributed by atoms with Gasteiger partial charge < -0.3 is 14.6 Å². The van der Waals surface area contributed by atoms with Crippen LogP contribution in [0.15, 0.2) is 53.1 Å². The molecule has 5 nitrogen and oxygen atoms in total. The zero-order valence-electron chi connectivity index (χ0n) is 14.1. The number of aromatic nitrogens is 1. The highest BCUT2D eigenvalue weighted by atomic mass is 35.5. The van der Waals surface area contributed by atoms with Gasteiger partial charge >= 0.3 is 0 Å².